The van der Waals surface area contributed by atoms with Crippen molar-refractivity contribution in [3.8, 4) is 0 Å². The molecule has 3 aliphatic heterocycles. The number of halogens is 1. The van der Waals surface area contributed by atoms with Crippen molar-refractivity contribution in [3.05, 3.63) is 25.3 Å². The highest BCUT2D eigenvalue weighted by Crippen LogP contribution is 2.61. The second kappa shape index (κ2) is 10.3. The number of aliphatic hydroxyl groups excluding tert-OH is 1. The molecule has 7 atom stereocenters. The van der Waals surface area contributed by atoms with Gasteiger partial charge in [0.1, 0.15) is 11.6 Å². The molecule has 9 heteroatoms. The lowest BCUT2D eigenvalue weighted by molar-refractivity contribution is -0.154. The zero-order valence-electron chi connectivity index (χ0n) is 21.6. The average molecular weight is 555 g/mol. The van der Waals surface area contributed by atoms with Crippen LogP contribution < -0.4 is 0 Å². The van der Waals surface area contributed by atoms with E-state index in [1.807, 2.05) is 27.7 Å². The van der Waals surface area contributed by atoms with Gasteiger partial charge in [-0.3, -0.25) is 14.4 Å². The predicted molar refractivity (Wildman–Crippen MR) is 138 cm³/mol. The quantitative estimate of drug-likeness (QED) is 0.331. The fourth-order valence-electron chi connectivity index (χ4n) is 6.09. The average Bonchev–Trinajstić information content (AvgIpc) is 3.38. The smallest absolute Gasteiger partial charge is 0.249 e. The largest absolute Gasteiger partial charge is 0.394 e. The molecule has 3 rings (SSSR count). The van der Waals surface area contributed by atoms with Gasteiger partial charge in [-0.1, -0.05) is 35.0 Å². The van der Waals surface area contributed by atoms with Crippen LogP contribution in [0.3, 0.4) is 0 Å². The zero-order valence-corrected chi connectivity index (χ0v) is 23.2. The molecule has 0 radical (unpaired) electrons. The lowest BCUT2D eigenvalue weighted by Crippen LogP contribution is -2.61. The second-order valence-corrected chi connectivity index (χ2v) is 12.1. The summed E-state index contributed by atoms with van der Waals surface area (Å²) in [6.45, 7) is 18.1. The Labute approximate surface area is 217 Å². The van der Waals surface area contributed by atoms with Crippen LogP contribution in [0.5, 0.6) is 0 Å². The number of likely N-dealkylation sites (tertiary alicyclic amines) is 1. The molecular weight excluding hydrogens is 514 g/mol. The Balaban J connectivity index is 2.13. The monoisotopic (exact) mass is 553 g/mol. The Kier molecular flexibility index (Phi) is 8.24. The minimum Gasteiger partial charge on any atom is -0.394 e. The van der Waals surface area contributed by atoms with E-state index in [1.54, 1.807) is 28.9 Å². The summed E-state index contributed by atoms with van der Waals surface area (Å²) in [7, 11) is 0. The molecule has 0 aromatic heterocycles. The molecule has 3 aliphatic rings. The highest BCUT2D eigenvalue weighted by atomic mass is 79.9. The van der Waals surface area contributed by atoms with Crippen LogP contribution >= 0.6 is 15.9 Å². The molecule has 0 aromatic carbocycles. The maximum Gasteiger partial charge on any atom is 0.249 e. The van der Waals surface area contributed by atoms with Crippen molar-refractivity contribution in [2.45, 2.75) is 81.6 Å². The molecule has 0 aromatic rings. The van der Waals surface area contributed by atoms with Crippen molar-refractivity contribution in [1.29, 1.82) is 0 Å². The van der Waals surface area contributed by atoms with Crippen LogP contribution in [0.2, 0.25) is 0 Å². The molecule has 3 amide bonds. The number of alkyl halides is 1. The van der Waals surface area contributed by atoms with Crippen LogP contribution in [0.1, 0.15) is 47.5 Å². The summed E-state index contributed by atoms with van der Waals surface area (Å²) < 4.78 is 6.57. The van der Waals surface area contributed by atoms with Crippen molar-refractivity contribution in [2.24, 2.45) is 11.8 Å². The van der Waals surface area contributed by atoms with E-state index < -0.39 is 41.2 Å². The number of hydrogen-bond donors (Lipinski definition) is 1. The normalized spacial score (nSPS) is 32.4. The van der Waals surface area contributed by atoms with Crippen molar-refractivity contribution in [3.63, 3.8) is 0 Å². The Morgan fingerprint density at radius 1 is 1.29 bits per heavy atom. The summed E-state index contributed by atoms with van der Waals surface area (Å²) in [4.78, 5) is 46.8. The first-order chi connectivity index (χ1) is 16.4. The van der Waals surface area contributed by atoms with Gasteiger partial charge >= 0.3 is 0 Å². The molecule has 0 aliphatic carbocycles. The van der Waals surface area contributed by atoms with Gasteiger partial charge in [0.05, 0.1) is 30.6 Å². The molecule has 3 saturated heterocycles. The third-order valence-corrected chi connectivity index (χ3v) is 8.37. The number of carbonyl (C=O) groups is 3. The Morgan fingerprint density at radius 2 is 1.91 bits per heavy atom. The third-order valence-electron chi connectivity index (χ3n) is 7.53. The van der Waals surface area contributed by atoms with Crippen LogP contribution in [0.15, 0.2) is 25.3 Å². The molecule has 1 N–H and O–H groups in total. The predicted octanol–water partition coefficient (Wildman–Crippen LogP) is 2.35. The van der Waals surface area contributed by atoms with Gasteiger partial charge in [0.25, 0.3) is 0 Å². The van der Waals surface area contributed by atoms with Gasteiger partial charge in [0.15, 0.2) is 0 Å². The fraction of sp³-hybridized carbons (Fsp3) is 0.731. The molecule has 1 spiro atoms. The second-order valence-electron chi connectivity index (χ2n) is 10.9. The molecule has 2 bridgehead atoms. The number of fused-ring (bicyclic) bond motifs is 1. The molecule has 35 heavy (non-hydrogen) atoms. The first-order valence-electron chi connectivity index (χ1n) is 12.5. The first kappa shape index (κ1) is 27.9. The van der Waals surface area contributed by atoms with Crippen molar-refractivity contribution < 1.29 is 24.2 Å². The van der Waals surface area contributed by atoms with E-state index in [-0.39, 0.29) is 29.2 Å². The molecular formula is C26H40BrN3O5. The van der Waals surface area contributed by atoms with Gasteiger partial charge in [0.2, 0.25) is 17.7 Å². The Hall–Kier alpha value is -1.71. The standard InChI is InChI=1S/C26H40BrN3O5/c1-8-11-28(12-9-2)22(32)18-19-23(33)30(16(4)15-31)21(26(19)14-17(27)20(18)35-26)24(34)29(13-10-3)25(5,6)7/h8,10,16-21,31H,1,3,9,11-15H2,2,4-7H3/t16-,17?,18-,19+,20-,21?,26?/m1/s1. The van der Waals surface area contributed by atoms with Crippen LogP contribution in [-0.4, -0.2) is 97.9 Å². The number of carbonyl (C=O) groups excluding carboxylic acids is 3. The van der Waals surface area contributed by atoms with Gasteiger partial charge in [-0.15, -0.1) is 13.2 Å². The van der Waals surface area contributed by atoms with E-state index in [9.17, 15) is 19.5 Å². The van der Waals surface area contributed by atoms with Crippen LogP contribution in [0.25, 0.3) is 0 Å². The van der Waals surface area contributed by atoms with Gasteiger partial charge in [-0.05, 0) is 40.5 Å². The Morgan fingerprint density at radius 3 is 2.43 bits per heavy atom. The molecule has 3 heterocycles. The highest BCUT2D eigenvalue weighted by molar-refractivity contribution is 9.09. The summed E-state index contributed by atoms with van der Waals surface area (Å²) >= 11 is 3.70. The number of rotatable bonds is 10. The summed E-state index contributed by atoms with van der Waals surface area (Å²) in [6.07, 6.45) is 4.05. The molecule has 196 valence electrons. The number of hydrogen-bond acceptors (Lipinski definition) is 5. The fourth-order valence-corrected chi connectivity index (χ4v) is 7.03. The number of ether oxygens (including phenoxy) is 1. The van der Waals surface area contributed by atoms with Crippen LogP contribution in [0.4, 0.5) is 0 Å². The van der Waals surface area contributed by atoms with E-state index in [2.05, 4.69) is 29.1 Å². The summed E-state index contributed by atoms with van der Waals surface area (Å²) in [5, 5.41) is 10.0. The maximum absolute atomic E-state index is 14.2. The molecule has 8 nitrogen and oxygen atoms in total. The lowest BCUT2D eigenvalue weighted by Gasteiger charge is -2.43. The zero-order chi connectivity index (χ0) is 26.3. The topological polar surface area (TPSA) is 90.4 Å². The summed E-state index contributed by atoms with van der Waals surface area (Å²) in [5.41, 5.74) is -1.67. The lowest BCUT2D eigenvalue weighted by atomic mass is 9.70. The van der Waals surface area contributed by atoms with Gasteiger partial charge in [-0.25, -0.2) is 0 Å². The third kappa shape index (κ3) is 4.48. The number of aliphatic hydroxyl groups is 1. The van der Waals surface area contributed by atoms with E-state index in [1.165, 1.54) is 4.90 Å². The van der Waals surface area contributed by atoms with E-state index in [0.29, 0.717) is 26.1 Å². The van der Waals surface area contributed by atoms with Gasteiger partial charge in [0, 0.05) is 30.0 Å². The summed E-state index contributed by atoms with van der Waals surface area (Å²) in [6, 6.07) is -1.54. The minimum atomic E-state index is -1.15. The van der Waals surface area contributed by atoms with E-state index in [0.717, 1.165) is 6.42 Å². The molecule has 3 unspecified atom stereocenters. The molecule has 0 saturated carbocycles. The van der Waals surface area contributed by atoms with E-state index >= 15 is 0 Å². The van der Waals surface area contributed by atoms with E-state index in [4.69, 9.17) is 4.74 Å². The maximum atomic E-state index is 14.2. The SMILES string of the molecule is C=CCN(CCC)C(=O)[C@H]1[C@@H]2OC3(CC2Br)C(C(=O)N(CC=C)C(C)(C)C)N([C@H](C)CO)C(=O)[C@H]13. The van der Waals surface area contributed by atoms with Gasteiger partial charge in [-0.2, -0.15) is 0 Å². The van der Waals surface area contributed by atoms with Crippen molar-refractivity contribution in [2.75, 3.05) is 26.2 Å². The highest BCUT2D eigenvalue weighted by Gasteiger charge is 2.77. The van der Waals surface area contributed by atoms with Crippen LogP contribution in [-0.2, 0) is 19.1 Å². The van der Waals surface area contributed by atoms with Crippen molar-refractivity contribution in [1.82, 2.24) is 14.7 Å². The first-order valence-corrected chi connectivity index (χ1v) is 13.4. The number of nitrogens with zero attached hydrogens (tertiary/aromatic N) is 3. The van der Waals surface area contributed by atoms with Gasteiger partial charge < -0.3 is 24.5 Å². The number of amides is 3. The minimum absolute atomic E-state index is 0.149. The Bertz CT molecular complexity index is 874. The molecule has 3 fully saturated rings. The summed E-state index contributed by atoms with van der Waals surface area (Å²) in [5.74, 6) is -2.19. The van der Waals surface area contributed by atoms with Crippen molar-refractivity contribution >= 4 is 33.7 Å². The van der Waals surface area contributed by atoms with Crippen LogP contribution in [0, 0.1) is 11.8 Å².